The van der Waals surface area contributed by atoms with Gasteiger partial charge in [-0.25, -0.2) is 8.78 Å². The summed E-state index contributed by atoms with van der Waals surface area (Å²) in [5, 5.41) is 20.4. The molecule has 0 aromatic heterocycles. The van der Waals surface area contributed by atoms with E-state index < -0.39 is 11.6 Å². The number of carbonyl (C=O) groups is 1. The van der Waals surface area contributed by atoms with E-state index in [1.165, 1.54) is 24.3 Å². The molecule has 2 bridgehead atoms. The Morgan fingerprint density at radius 2 is 1.74 bits per heavy atom. The molecule has 2 aromatic rings. The maximum Gasteiger partial charge on any atom is 0.234 e. The second kappa shape index (κ2) is 10.7. The number of fused-ring (bicyclic) bond motifs is 2. The summed E-state index contributed by atoms with van der Waals surface area (Å²) in [6.45, 7) is 3.73. The average molecular weight is 466 g/mol. The molecule has 0 saturated carbocycles. The zero-order valence-corrected chi connectivity index (χ0v) is 18.6. The Labute approximate surface area is 197 Å². The van der Waals surface area contributed by atoms with Crippen molar-refractivity contribution in [2.45, 2.75) is 25.2 Å². The molecule has 0 aliphatic carbocycles. The quantitative estimate of drug-likeness (QED) is 0.672. The highest BCUT2D eigenvalue weighted by Gasteiger charge is 2.35. The molecule has 2 aromatic carbocycles. The van der Waals surface area contributed by atoms with E-state index in [1.54, 1.807) is 6.07 Å². The minimum absolute atomic E-state index is 0.0195. The van der Waals surface area contributed by atoms with Gasteiger partial charge in [-0.15, -0.1) is 0 Å². The van der Waals surface area contributed by atoms with Crippen LogP contribution in [0.15, 0.2) is 36.4 Å². The van der Waals surface area contributed by atoms with Gasteiger partial charge in [0.2, 0.25) is 5.91 Å². The van der Waals surface area contributed by atoms with Crippen LogP contribution in [0.5, 0.6) is 0 Å². The Balaban J connectivity index is 1.22. The second-order valence-electron chi connectivity index (χ2n) is 8.70. The van der Waals surface area contributed by atoms with Crippen molar-refractivity contribution >= 4 is 5.91 Å². The molecule has 2 aliphatic heterocycles. The monoisotopic (exact) mass is 465 g/mol. The first-order chi connectivity index (χ1) is 16.4. The number of nitrogens with one attached hydrogen (secondary N) is 1. The van der Waals surface area contributed by atoms with Gasteiger partial charge in [-0.05, 0) is 36.2 Å². The van der Waals surface area contributed by atoms with Gasteiger partial charge in [-0.2, -0.15) is 10.5 Å². The van der Waals surface area contributed by atoms with Crippen molar-refractivity contribution in [1.82, 2.24) is 15.1 Å². The SMILES string of the molecule is N#Cc1ccc(CNC(=O)CN2CC3CN(CCc4ccc(C#N)c(F)c4)CC(C2)O3)c(F)c1. The number of ether oxygens (including phenoxy) is 1. The normalized spacial score (nSPS) is 20.4. The summed E-state index contributed by atoms with van der Waals surface area (Å²) in [6, 6.07) is 12.6. The molecule has 1 N–H and O–H groups in total. The average Bonchev–Trinajstić information content (AvgIpc) is 2.81. The van der Waals surface area contributed by atoms with Gasteiger partial charge in [0.25, 0.3) is 0 Å². The molecule has 34 heavy (non-hydrogen) atoms. The fourth-order valence-electron chi connectivity index (χ4n) is 4.48. The first kappa shape index (κ1) is 23.8. The van der Waals surface area contributed by atoms with E-state index in [-0.39, 0.29) is 42.3 Å². The third kappa shape index (κ3) is 5.95. The van der Waals surface area contributed by atoms with Gasteiger partial charge in [0.1, 0.15) is 17.7 Å². The molecule has 2 unspecified atom stereocenters. The van der Waals surface area contributed by atoms with Crippen LogP contribution < -0.4 is 5.32 Å². The maximum atomic E-state index is 14.0. The largest absolute Gasteiger partial charge is 0.370 e. The fourth-order valence-corrected chi connectivity index (χ4v) is 4.48. The summed E-state index contributed by atoms with van der Waals surface area (Å²) >= 11 is 0. The number of amides is 1. The highest BCUT2D eigenvalue weighted by Crippen LogP contribution is 2.20. The van der Waals surface area contributed by atoms with E-state index in [4.69, 9.17) is 15.3 Å². The lowest BCUT2D eigenvalue weighted by Gasteiger charge is -2.45. The standard InChI is InChI=1S/C25H25F2N5O2/c26-23-7-17(1-3-19(23)10-29)5-6-31-12-21-14-32(15-22(13-31)34-21)16-25(33)30-11-20-4-2-18(9-28)8-24(20)27/h1-4,7-8,21-22H,5-6,11-16H2,(H,30,33). The summed E-state index contributed by atoms with van der Waals surface area (Å²) in [6.07, 6.45) is 0.642. The van der Waals surface area contributed by atoms with Crippen LogP contribution in [0, 0.1) is 34.3 Å². The van der Waals surface area contributed by atoms with Gasteiger partial charge in [0.05, 0.1) is 35.9 Å². The van der Waals surface area contributed by atoms with E-state index in [9.17, 15) is 13.6 Å². The predicted octanol–water partition coefficient (Wildman–Crippen LogP) is 1.95. The topological polar surface area (TPSA) is 92.4 Å². The van der Waals surface area contributed by atoms with Crippen molar-refractivity contribution in [3.8, 4) is 12.1 Å². The Bertz CT molecular complexity index is 1130. The molecule has 2 atom stereocenters. The van der Waals surface area contributed by atoms with Crippen molar-refractivity contribution in [3.05, 3.63) is 70.3 Å². The Hall–Kier alpha value is -3.37. The van der Waals surface area contributed by atoms with Crippen molar-refractivity contribution in [1.29, 1.82) is 10.5 Å². The number of nitrogens with zero attached hydrogens (tertiary/aromatic N) is 4. The van der Waals surface area contributed by atoms with Gasteiger partial charge in [-0.3, -0.25) is 14.6 Å². The Morgan fingerprint density at radius 3 is 2.38 bits per heavy atom. The van der Waals surface area contributed by atoms with E-state index in [0.717, 1.165) is 31.3 Å². The van der Waals surface area contributed by atoms with E-state index in [1.807, 2.05) is 12.1 Å². The van der Waals surface area contributed by atoms with Crippen molar-refractivity contribution in [2.75, 3.05) is 39.3 Å². The van der Waals surface area contributed by atoms with Crippen molar-refractivity contribution in [3.63, 3.8) is 0 Å². The molecule has 176 valence electrons. The fraction of sp³-hybridized carbons (Fsp3) is 0.400. The number of rotatable bonds is 7. The van der Waals surface area contributed by atoms with Crippen LogP contribution in [0.3, 0.4) is 0 Å². The van der Waals surface area contributed by atoms with Crippen molar-refractivity contribution < 1.29 is 18.3 Å². The molecule has 7 nitrogen and oxygen atoms in total. The summed E-state index contributed by atoms with van der Waals surface area (Å²) in [5.74, 6) is -1.19. The lowest BCUT2D eigenvalue weighted by molar-refractivity contribution is -0.144. The molecular weight excluding hydrogens is 440 g/mol. The van der Waals surface area contributed by atoms with Crippen LogP contribution in [-0.4, -0.2) is 67.2 Å². The number of morpholine rings is 2. The Morgan fingerprint density at radius 1 is 1.00 bits per heavy atom. The molecule has 2 aliphatic rings. The zero-order valence-electron chi connectivity index (χ0n) is 18.6. The molecule has 2 saturated heterocycles. The van der Waals surface area contributed by atoms with E-state index in [2.05, 4.69) is 15.1 Å². The van der Waals surface area contributed by atoms with Crippen LogP contribution in [-0.2, 0) is 22.5 Å². The maximum absolute atomic E-state index is 14.0. The number of carbonyl (C=O) groups excluding carboxylic acids is 1. The number of halogens is 2. The summed E-state index contributed by atoms with van der Waals surface area (Å²) < 4.78 is 33.9. The molecule has 1 amide bonds. The Kier molecular flexibility index (Phi) is 7.49. The third-order valence-electron chi connectivity index (χ3n) is 6.13. The molecular formula is C25H25F2N5O2. The second-order valence-corrected chi connectivity index (χ2v) is 8.70. The molecule has 0 radical (unpaired) electrons. The molecule has 9 heteroatoms. The zero-order chi connectivity index (χ0) is 24.1. The highest BCUT2D eigenvalue weighted by atomic mass is 19.1. The van der Waals surface area contributed by atoms with Crippen molar-refractivity contribution in [2.24, 2.45) is 0 Å². The molecule has 2 heterocycles. The number of hydrogen-bond donors (Lipinski definition) is 1. The number of benzene rings is 2. The first-order valence-electron chi connectivity index (χ1n) is 11.2. The van der Waals surface area contributed by atoms with Gasteiger partial charge in [0, 0.05) is 44.8 Å². The van der Waals surface area contributed by atoms with Gasteiger partial charge >= 0.3 is 0 Å². The number of nitriles is 2. The van der Waals surface area contributed by atoms with Crippen LogP contribution >= 0.6 is 0 Å². The smallest absolute Gasteiger partial charge is 0.234 e. The molecule has 4 rings (SSSR count). The lowest BCUT2D eigenvalue weighted by Crippen LogP contribution is -2.60. The van der Waals surface area contributed by atoms with Crippen LogP contribution in [0.1, 0.15) is 22.3 Å². The molecule has 2 fully saturated rings. The highest BCUT2D eigenvalue weighted by molar-refractivity contribution is 5.78. The summed E-state index contributed by atoms with van der Waals surface area (Å²) in [4.78, 5) is 16.7. The van der Waals surface area contributed by atoms with Crippen LogP contribution in [0.4, 0.5) is 8.78 Å². The van der Waals surface area contributed by atoms with Crippen LogP contribution in [0.25, 0.3) is 0 Å². The first-order valence-corrected chi connectivity index (χ1v) is 11.2. The predicted molar refractivity (Wildman–Crippen MR) is 119 cm³/mol. The van der Waals surface area contributed by atoms with Gasteiger partial charge < -0.3 is 10.1 Å². The van der Waals surface area contributed by atoms with Crippen LogP contribution in [0.2, 0.25) is 0 Å². The summed E-state index contributed by atoms with van der Waals surface area (Å²) in [5.41, 5.74) is 1.48. The summed E-state index contributed by atoms with van der Waals surface area (Å²) in [7, 11) is 0. The van der Waals surface area contributed by atoms with Gasteiger partial charge in [0.15, 0.2) is 0 Å². The number of hydrogen-bond acceptors (Lipinski definition) is 6. The van der Waals surface area contributed by atoms with Gasteiger partial charge in [-0.1, -0.05) is 12.1 Å². The third-order valence-corrected chi connectivity index (χ3v) is 6.13. The van der Waals surface area contributed by atoms with E-state index in [0.29, 0.717) is 25.1 Å². The van der Waals surface area contributed by atoms with E-state index >= 15 is 0 Å². The molecule has 0 spiro atoms. The minimum atomic E-state index is -0.510. The lowest BCUT2D eigenvalue weighted by atomic mass is 10.1. The minimum Gasteiger partial charge on any atom is -0.370 e.